The van der Waals surface area contributed by atoms with Crippen LogP contribution in [-0.4, -0.2) is 20.9 Å². The summed E-state index contributed by atoms with van der Waals surface area (Å²) in [5, 5.41) is 12.8. The summed E-state index contributed by atoms with van der Waals surface area (Å²) in [6.07, 6.45) is 3.36. The summed E-state index contributed by atoms with van der Waals surface area (Å²) in [4.78, 5) is 10.8. The third-order valence-corrected chi connectivity index (χ3v) is 1.96. The number of aryl methyl sites for hydroxylation is 1. The molecule has 4 nitrogen and oxygen atoms in total. The van der Waals surface area contributed by atoms with Crippen molar-refractivity contribution in [3.8, 4) is 11.1 Å². The Balaban J connectivity index is 2.69. The highest BCUT2D eigenvalue weighted by molar-refractivity contribution is 5.97. The molecule has 1 aliphatic carbocycles. The van der Waals surface area contributed by atoms with Gasteiger partial charge in [-0.15, -0.1) is 0 Å². The summed E-state index contributed by atoms with van der Waals surface area (Å²) >= 11 is 0. The highest BCUT2D eigenvalue weighted by Gasteiger charge is 2.14. The Bertz CT molecular complexity index is 433. The van der Waals surface area contributed by atoms with E-state index in [0.29, 0.717) is 5.56 Å². The maximum atomic E-state index is 10.8. The van der Waals surface area contributed by atoms with Crippen molar-refractivity contribution in [2.75, 3.05) is 0 Å². The third-order valence-electron chi connectivity index (χ3n) is 1.96. The predicted octanol–water partition coefficient (Wildman–Crippen LogP) is 1.22. The number of hydrogen-bond donors (Lipinski definition) is 1. The molecule has 0 radical (unpaired) electrons. The van der Waals surface area contributed by atoms with Crippen LogP contribution in [0.4, 0.5) is 0 Å². The zero-order chi connectivity index (χ0) is 9.42. The lowest BCUT2D eigenvalue weighted by Crippen LogP contribution is -2.00. The normalized spacial score (nSPS) is 10.5. The molecule has 2 rings (SSSR count). The van der Waals surface area contributed by atoms with Gasteiger partial charge in [0.2, 0.25) is 0 Å². The van der Waals surface area contributed by atoms with Gasteiger partial charge in [-0.25, -0.2) is 4.79 Å². The van der Waals surface area contributed by atoms with Crippen molar-refractivity contribution in [3.63, 3.8) is 0 Å². The van der Waals surface area contributed by atoms with Gasteiger partial charge in [0.05, 0.1) is 11.8 Å². The number of rotatable bonds is 1. The van der Waals surface area contributed by atoms with Crippen LogP contribution >= 0.6 is 0 Å². The van der Waals surface area contributed by atoms with Crippen molar-refractivity contribution in [1.82, 2.24) is 9.78 Å². The number of carbonyl (C=O) groups is 1. The molecule has 0 saturated heterocycles. The lowest BCUT2D eigenvalue weighted by atomic mass is 10.1. The molecule has 0 aromatic heterocycles. The molecule has 1 N–H and O–H groups in total. The fraction of sp³-hybridized carbons (Fsp3) is 0.111. The minimum absolute atomic E-state index is 0.327. The Kier molecular flexibility index (Phi) is 1.55. The Labute approximate surface area is 74.8 Å². The van der Waals surface area contributed by atoms with Crippen LogP contribution in [0.2, 0.25) is 0 Å². The first-order valence-electron chi connectivity index (χ1n) is 3.83. The molecule has 0 aromatic rings. The number of hydrogen-bond acceptors (Lipinski definition) is 2. The first kappa shape index (κ1) is 7.79. The van der Waals surface area contributed by atoms with Gasteiger partial charge in [0, 0.05) is 24.4 Å². The van der Waals surface area contributed by atoms with Gasteiger partial charge in [0.1, 0.15) is 0 Å². The van der Waals surface area contributed by atoms with E-state index in [4.69, 9.17) is 5.11 Å². The number of carboxylic acids is 1. The Morgan fingerprint density at radius 3 is 3.00 bits per heavy atom. The van der Waals surface area contributed by atoms with Crippen molar-refractivity contribution in [3.05, 3.63) is 30.1 Å². The van der Waals surface area contributed by atoms with Crippen molar-refractivity contribution in [2.24, 2.45) is 7.05 Å². The average molecular weight is 176 g/mol. The molecule has 1 heterocycles. The molecule has 0 spiro atoms. The van der Waals surface area contributed by atoms with E-state index in [9.17, 15) is 4.79 Å². The molecule has 0 unspecified atom stereocenters. The van der Waals surface area contributed by atoms with Gasteiger partial charge in [-0.3, -0.25) is 4.68 Å². The minimum Gasteiger partial charge on any atom is -0.478 e. The molecule has 0 fully saturated rings. The molecular formula is C9H8N2O2. The van der Waals surface area contributed by atoms with Crippen LogP contribution in [0.15, 0.2) is 24.5 Å². The van der Waals surface area contributed by atoms with Gasteiger partial charge in [-0.1, -0.05) is 6.07 Å². The van der Waals surface area contributed by atoms with Gasteiger partial charge in [-0.2, -0.15) is 5.10 Å². The van der Waals surface area contributed by atoms with Crippen LogP contribution in [0.5, 0.6) is 0 Å². The molecule has 4 heteroatoms. The maximum Gasteiger partial charge on any atom is 0.336 e. The van der Waals surface area contributed by atoms with Crippen molar-refractivity contribution < 1.29 is 9.90 Å². The van der Waals surface area contributed by atoms with E-state index in [-0.39, 0.29) is 0 Å². The first-order chi connectivity index (χ1) is 6.18. The van der Waals surface area contributed by atoms with E-state index < -0.39 is 5.97 Å². The average Bonchev–Trinajstić information content (AvgIpc) is 2.46. The largest absolute Gasteiger partial charge is 0.478 e. The quantitative estimate of drug-likeness (QED) is 0.710. The smallest absolute Gasteiger partial charge is 0.336 e. The Hall–Kier alpha value is -1.84. The summed E-state index contributed by atoms with van der Waals surface area (Å²) in [6, 6.07) is 3.35. The molecule has 0 aromatic carbocycles. The molecule has 0 amide bonds. The lowest BCUT2D eigenvalue weighted by Gasteiger charge is -2.02. The van der Waals surface area contributed by atoms with Crippen molar-refractivity contribution >= 4 is 5.97 Å². The number of fused-ring (bicyclic) bond motifs is 1. The topological polar surface area (TPSA) is 55.1 Å². The summed E-state index contributed by atoms with van der Waals surface area (Å²) in [6.45, 7) is 0. The second-order valence-corrected chi connectivity index (χ2v) is 2.87. The predicted molar refractivity (Wildman–Crippen MR) is 46.8 cm³/mol. The Morgan fingerprint density at radius 2 is 2.31 bits per heavy atom. The van der Waals surface area contributed by atoms with Crippen LogP contribution in [0.3, 0.4) is 0 Å². The van der Waals surface area contributed by atoms with Gasteiger partial charge < -0.3 is 5.11 Å². The third kappa shape index (κ3) is 1.16. The fourth-order valence-electron chi connectivity index (χ4n) is 1.32. The highest BCUT2D eigenvalue weighted by Crippen LogP contribution is 2.26. The van der Waals surface area contributed by atoms with E-state index in [1.807, 2.05) is 0 Å². The molecule has 0 saturated carbocycles. The zero-order valence-corrected chi connectivity index (χ0v) is 7.06. The van der Waals surface area contributed by atoms with E-state index in [1.165, 1.54) is 0 Å². The minimum atomic E-state index is -0.902. The second-order valence-electron chi connectivity index (χ2n) is 2.87. The van der Waals surface area contributed by atoms with Gasteiger partial charge >= 0.3 is 5.97 Å². The van der Waals surface area contributed by atoms with Crippen LogP contribution in [0, 0.1) is 0 Å². The zero-order valence-electron chi connectivity index (χ0n) is 7.06. The number of carboxylic acid groups (broad SMARTS) is 1. The number of aromatic nitrogens is 2. The van der Waals surface area contributed by atoms with E-state index >= 15 is 0 Å². The monoisotopic (exact) mass is 176 g/mol. The summed E-state index contributed by atoms with van der Waals surface area (Å²) in [5.74, 6) is -0.902. The summed E-state index contributed by atoms with van der Waals surface area (Å²) in [7, 11) is 1.76. The molecule has 0 atom stereocenters. The maximum absolute atomic E-state index is 10.8. The van der Waals surface area contributed by atoms with Gasteiger partial charge in [-0.05, 0) is 6.07 Å². The van der Waals surface area contributed by atoms with Crippen molar-refractivity contribution in [1.29, 1.82) is 0 Å². The standard InChI is InChI=1S/C9H8N2O2/c1-11-5-8-6(4-10-11)2-3-7(8)9(12)13/h2-5H,1H3,(H,12,13). The van der Waals surface area contributed by atoms with E-state index in [1.54, 1.807) is 36.3 Å². The Morgan fingerprint density at radius 1 is 1.54 bits per heavy atom. The SMILES string of the molecule is Cn1cc2c(C(=O)O)ccc-2cn1. The molecule has 1 aliphatic heterocycles. The van der Waals surface area contributed by atoms with Crippen LogP contribution in [-0.2, 0) is 7.05 Å². The second kappa shape index (κ2) is 2.58. The first-order valence-corrected chi connectivity index (χ1v) is 3.83. The highest BCUT2D eigenvalue weighted by atomic mass is 16.4. The number of nitrogens with zero attached hydrogens (tertiary/aromatic N) is 2. The fourth-order valence-corrected chi connectivity index (χ4v) is 1.32. The molecule has 13 heavy (non-hydrogen) atoms. The molecule has 66 valence electrons. The van der Waals surface area contributed by atoms with Gasteiger partial charge in [0.25, 0.3) is 0 Å². The van der Waals surface area contributed by atoms with Crippen LogP contribution < -0.4 is 0 Å². The molecule has 0 bridgehead atoms. The summed E-state index contributed by atoms with van der Waals surface area (Å²) in [5.41, 5.74) is 1.91. The van der Waals surface area contributed by atoms with E-state index in [2.05, 4.69) is 5.10 Å². The summed E-state index contributed by atoms with van der Waals surface area (Å²) < 4.78 is 1.59. The number of aromatic carboxylic acids is 1. The van der Waals surface area contributed by atoms with Crippen LogP contribution in [0.25, 0.3) is 11.1 Å². The van der Waals surface area contributed by atoms with Crippen molar-refractivity contribution in [2.45, 2.75) is 0 Å². The van der Waals surface area contributed by atoms with Crippen LogP contribution in [0.1, 0.15) is 10.4 Å². The lowest BCUT2D eigenvalue weighted by molar-refractivity contribution is 0.0698. The van der Waals surface area contributed by atoms with Gasteiger partial charge in [0.15, 0.2) is 0 Å². The molecular weight excluding hydrogens is 168 g/mol. The molecule has 2 aliphatic rings. The van der Waals surface area contributed by atoms with E-state index in [0.717, 1.165) is 11.1 Å².